The fourth-order valence-electron chi connectivity index (χ4n) is 1.55. The second kappa shape index (κ2) is 7.56. The largest absolute Gasteiger partial charge is 0.350 e. The van der Waals surface area contributed by atoms with Gasteiger partial charge in [0.25, 0.3) is 5.91 Å². The Morgan fingerprint density at radius 3 is 2.19 bits per heavy atom. The summed E-state index contributed by atoms with van der Waals surface area (Å²) in [6.45, 7) is 8.17. The highest BCUT2D eigenvalue weighted by Crippen LogP contribution is 2.11. The molecule has 0 fully saturated rings. The molecule has 1 aromatic carbocycles. The van der Waals surface area contributed by atoms with Crippen LogP contribution in [0.25, 0.3) is 0 Å². The normalized spacial score (nSPS) is 13.2. The van der Waals surface area contributed by atoms with E-state index in [1.165, 1.54) is 24.3 Å². The first-order valence-electron chi connectivity index (χ1n) is 7.16. The van der Waals surface area contributed by atoms with Gasteiger partial charge in [-0.3, -0.25) is 4.79 Å². The second-order valence-electron chi connectivity index (χ2n) is 5.55. The molecule has 1 aromatic rings. The van der Waals surface area contributed by atoms with Crippen LogP contribution in [0.2, 0.25) is 0 Å². The van der Waals surface area contributed by atoms with Crippen molar-refractivity contribution in [2.24, 2.45) is 5.92 Å². The van der Waals surface area contributed by atoms with Crippen LogP contribution < -0.4 is 10.0 Å². The lowest BCUT2D eigenvalue weighted by molar-refractivity contribution is 0.0939. The van der Waals surface area contributed by atoms with Gasteiger partial charge in [0.15, 0.2) is 0 Å². The molecule has 0 saturated carbocycles. The number of hydrogen-bond acceptors (Lipinski definition) is 3. The Morgan fingerprint density at radius 1 is 1.14 bits per heavy atom. The fraction of sp³-hybridized carbons (Fsp3) is 0.533. The number of amides is 1. The molecule has 6 heteroatoms. The summed E-state index contributed by atoms with van der Waals surface area (Å²) in [5.74, 6) is 0.0452. The van der Waals surface area contributed by atoms with Crippen molar-refractivity contribution in [3.8, 4) is 0 Å². The third kappa shape index (κ3) is 5.47. The molecule has 1 unspecified atom stereocenters. The molecule has 0 heterocycles. The number of sulfonamides is 1. The van der Waals surface area contributed by atoms with Crippen molar-refractivity contribution >= 4 is 15.9 Å². The number of nitrogens with one attached hydrogen (secondary N) is 2. The van der Waals surface area contributed by atoms with E-state index in [-0.39, 0.29) is 22.8 Å². The Hall–Kier alpha value is -1.40. The summed E-state index contributed by atoms with van der Waals surface area (Å²) in [6.07, 6.45) is 0.845. The van der Waals surface area contributed by atoms with Gasteiger partial charge < -0.3 is 5.32 Å². The minimum absolute atomic E-state index is 0.0913. The third-order valence-corrected chi connectivity index (χ3v) is 4.54. The highest BCUT2D eigenvalue weighted by atomic mass is 32.2. The number of benzene rings is 1. The van der Waals surface area contributed by atoms with E-state index in [0.717, 1.165) is 6.42 Å². The van der Waals surface area contributed by atoms with Gasteiger partial charge in [0, 0.05) is 18.2 Å². The Labute approximate surface area is 127 Å². The molecule has 0 radical (unpaired) electrons. The predicted octanol–water partition coefficient (Wildman–Crippen LogP) is 2.15. The van der Waals surface area contributed by atoms with E-state index < -0.39 is 10.0 Å². The topological polar surface area (TPSA) is 75.3 Å². The van der Waals surface area contributed by atoms with E-state index in [1.54, 1.807) is 0 Å². The SMILES string of the molecule is CCC(C)NC(=O)c1ccc(S(=O)(=O)NCC(C)C)cc1. The van der Waals surface area contributed by atoms with E-state index in [1.807, 2.05) is 27.7 Å². The van der Waals surface area contributed by atoms with Gasteiger partial charge in [-0.1, -0.05) is 20.8 Å². The Kier molecular flexibility index (Phi) is 6.36. The quantitative estimate of drug-likeness (QED) is 0.810. The first-order valence-corrected chi connectivity index (χ1v) is 8.65. The van der Waals surface area contributed by atoms with Crippen molar-refractivity contribution in [1.82, 2.24) is 10.0 Å². The van der Waals surface area contributed by atoms with Crippen LogP contribution in [0.1, 0.15) is 44.5 Å². The lowest BCUT2D eigenvalue weighted by atomic mass is 10.2. The maximum atomic E-state index is 12.0. The van der Waals surface area contributed by atoms with Crippen LogP contribution in [0.15, 0.2) is 29.2 Å². The summed E-state index contributed by atoms with van der Waals surface area (Å²) in [6, 6.07) is 6.06. The van der Waals surface area contributed by atoms with E-state index in [0.29, 0.717) is 12.1 Å². The van der Waals surface area contributed by atoms with E-state index in [9.17, 15) is 13.2 Å². The molecule has 0 aliphatic carbocycles. The van der Waals surface area contributed by atoms with Gasteiger partial charge in [0.1, 0.15) is 0 Å². The van der Waals surface area contributed by atoms with Crippen molar-refractivity contribution in [1.29, 1.82) is 0 Å². The van der Waals surface area contributed by atoms with Gasteiger partial charge in [-0.05, 0) is 43.5 Å². The minimum Gasteiger partial charge on any atom is -0.350 e. The molecule has 0 spiro atoms. The van der Waals surface area contributed by atoms with Gasteiger partial charge >= 0.3 is 0 Å². The standard InChI is InChI=1S/C15H24N2O3S/c1-5-12(4)17-15(18)13-6-8-14(9-7-13)21(19,20)16-10-11(2)3/h6-9,11-12,16H,5,10H2,1-4H3,(H,17,18). The van der Waals surface area contributed by atoms with Gasteiger partial charge in [-0.2, -0.15) is 0 Å². The van der Waals surface area contributed by atoms with Gasteiger partial charge in [0.05, 0.1) is 4.90 Å². The molecule has 21 heavy (non-hydrogen) atoms. The number of carbonyl (C=O) groups excluding carboxylic acids is 1. The molecule has 1 atom stereocenters. The van der Waals surface area contributed by atoms with Crippen molar-refractivity contribution < 1.29 is 13.2 Å². The highest BCUT2D eigenvalue weighted by molar-refractivity contribution is 7.89. The first kappa shape index (κ1) is 17.7. The van der Waals surface area contributed by atoms with E-state index >= 15 is 0 Å². The van der Waals surface area contributed by atoms with Crippen LogP contribution in [0, 0.1) is 5.92 Å². The minimum atomic E-state index is -3.51. The first-order chi connectivity index (χ1) is 9.76. The Balaban J connectivity index is 2.80. The third-order valence-electron chi connectivity index (χ3n) is 3.10. The molecule has 1 rings (SSSR count). The maximum Gasteiger partial charge on any atom is 0.251 e. The van der Waals surface area contributed by atoms with Crippen LogP contribution >= 0.6 is 0 Å². The molecule has 0 aliphatic heterocycles. The van der Waals surface area contributed by atoms with Crippen LogP contribution in [0.5, 0.6) is 0 Å². The maximum absolute atomic E-state index is 12.0. The fourth-order valence-corrected chi connectivity index (χ4v) is 2.77. The molecular weight excluding hydrogens is 288 g/mol. The van der Waals surface area contributed by atoms with Crippen molar-refractivity contribution in [3.05, 3.63) is 29.8 Å². The molecular formula is C15H24N2O3S. The molecule has 0 bridgehead atoms. The molecule has 0 saturated heterocycles. The van der Waals surface area contributed by atoms with Gasteiger partial charge in [-0.25, -0.2) is 13.1 Å². The molecule has 118 valence electrons. The van der Waals surface area contributed by atoms with Gasteiger partial charge in [0.2, 0.25) is 10.0 Å². The number of carbonyl (C=O) groups is 1. The molecule has 0 aliphatic rings. The van der Waals surface area contributed by atoms with Crippen LogP contribution in [-0.4, -0.2) is 26.9 Å². The zero-order chi connectivity index (χ0) is 16.0. The second-order valence-corrected chi connectivity index (χ2v) is 7.32. The summed E-state index contributed by atoms with van der Waals surface area (Å²) in [5.41, 5.74) is 0.457. The predicted molar refractivity (Wildman–Crippen MR) is 83.7 cm³/mol. The lowest BCUT2D eigenvalue weighted by Gasteiger charge is -2.12. The van der Waals surface area contributed by atoms with Crippen LogP contribution in [-0.2, 0) is 10.0 Å². The van der Waals surface area contributed by atoms with Crippen LogP contribution in [0.4, 0.5) is 0 Å². The monoisotopic (exact) mass is 312 g/mol. The van der Waals surface area contributed by atoms with Crippen molar-refractivity contribution in [3.63, 3.8) is 0 Å². The Morgan fingerprint density at radius 2 is 1.71 bits per heavy atom. The summed E-state index contributed by atoms with van der Waals surface area (Å²) in [7, 11) is -3.51. The number of hydrogen-bond donors (Lipinski definition) is 2. The molecule has 5 nitrogen and oxygen atoms in total. The van der Waals surface area contributed by atoms with Crippen LogP contribution in [0.3, 0.4) is 0 Å². The smallest absolute Gasteiger partial charge is 0.251 e. The zero-order valence-corrected chi connectivity index (χ0v) is 13.8. The van der Waals surface area contributed by atoms with E-state index in [2.05, 4.69) is 10.0 Å². The van der Waals surface area contributed by atoms with Gasteiger partial charge in [-0.15, -0.1) is 0 Å². The summed E-state index contributed by atoms with van der Waals surface area (Å²) >= 11 is 0. The zero-order valence-electron chi connectivity index (χ0n) is 13.0. The summed E-state index contributed by atoms with van der Waals surface area (Å²) < 4.78 is 26.6. The average Bonchev–Trinajstić information content (AvgIpc) is 2.45. The van der Waals surface area contributed by atoms with Crippen molar-refractivity contribution in [2.75, 3.05) is 6.54 Å². The van der Waals surface area contributed by atoms with Crippen molar-refractivity contribution in [2.45, 2.75) is 45.1 Å². The highest BCUT2D eigenvalue weighted by Gasteiger charge is 2.15. The Bertz CT molecular complexity index is 565. The summed E-state index contributed by atoms with van der Waals surface area (Å²) in [4.78, 5) is 12.1. The average molecular weight is 312 g/mol. The lowest BCUT2D eigenvalue weighted by Crippen LogP contribution is -2.32. The molecule has 2 N–H and O–H groups in total. The number of rotatable bonds is 7. The molecule has 0 aromatic heterocycles. The molecule has 1 amide bonds. The van der Waals surface area contributed by atoms with E-state index in [4.69, 9.17) is 0 Å². The summed E-state index contributed by atoms with van der Waals surface area (Å²) in [5, 5.41) is 2.84.